The van der Waals surface area contributed by atoms with Crippen molar-refractivity contribution in [1.82, 2.24) is 5.32 Å². The molecule has 4 heteroatoms. The Morgan fingerprint density at radius 2 is 1.74 bits per heavy atom. The second-order valence-corrected chi connectivity index (χ2v) is 5.61. The Bertz CT molecular complexity index is 406. The Balaban J connectivity index is 1.91. The lowest BCUT2D eigenvalue weighted by atomic mass is 9.94. The van der Waals surface area contributed by atoms with Crippen molar-refractivity contribution in [3.63, 3.8) is 0 Å². The molecule has 0 saturated heterocycles. The Labute approximate surface area is 112 Å². The van der Waals surface area contributed by atoms with Gasteiger partial charge in [0.2, 0.25) is 0 Å². The summed E-state index contributed by atoms with van der Waals surface area (Å²) in [5, 5.41) is 3.53. The van der Waals surface area contributed by atoms with Gasteiger partial charge in [0, 0.05) is 12.1 Å². The third kappa shape index (κ3) is 4.23. The number of nitrogens with one attached hydrogen (secondary N) is 1. The smallest absolute Gasteiger partial charge is 0.311 e. The van der Waals surface area contributed by atoms with Gasteiger partial charge in [-0.2, -0.15) is 13.2 Å². The molecule has 0 radical (unpaired) electrons. The van der Waals surface area contributed by atoms with Crippen LogP contribution in [0.25, 0.3) is 0 Å². The van der Waals surface area contributed by atoms with E-state index in [0.29, 0.717) is 18.0 Å². The average Bonchev–Trinajstić information content (AvgIpc) is 3.12. The second-order valence-electron chi connectivity index (χ2n) is 5.61. The number of benzene rings is 1. The van der Waals surface area contributed by atoms with Gasteiger partial charge in [-0.05, 0) is 49.8 Å². The molecule has 1 saturated carbocycles. The van der Waals surface area contributed by atoms with Crippen molar-refractivity contribution in [2.24, 2.45) is 5.92 Å². The second kappa shape index (κ2) is 5.53. The summed E-state index contributed by atoms with van der Waals surface area (Å²) in [5.41, 5.74) is 0.387. The lowest BCUT2D eigenvalue weighted by molar-refractivity contribution is -0.137. The SMILES string of the molecule is CC(Cc1ccc(C(F)(F)F)cc1)C(C)NC1CC1. The van der Waals surface area contributed by atoms with Crippen molar-refractivity contribution in [3.8, 4) is 0 Å². The van der Waals surface area contributed by atoms with Crippen LogP contribution in [-0.2, 0) is 12.6 Å². The van der Waals surface area contributed by atoms with Gasteiger partial charge in [0.05, 0.1) is 5.56 Å². The van der Waals surface area contributed by atoms with Crippen LogP contribution in [0.2, 0.25) is 0 Å². The van der Waals surface area contributed by atoms with Crippen LogP contribution in [0.1, 0.15) is 37.8 Å². The van der Waals surface area contributed by atoms with Crippen LogP contribution >= 0.6 is 0 Å². The molecule has 1 fully saturated rings. The first-order valence-corrected chi connectivity index (χ1v) is 6.78. The highest BCUT2D eigenvalue weighted by Crippen LogP contribution is 2.29. The quantitative estimate of drug-likeness (QED) is 0.852. The van der Waals surface area contributed by atoms with Crippen LogP contribution in [0.4, 0.5) is 13.2 Å². The zero-order chi connectivity index (χ0) is 14.0. The van der Waals surface area contributed by atoms with E-state index in [1.165, 1.54) is 25.0 Å². The first kappa shape index (κ1) is 14.4. The predicted molar refractivity (Wildman–Crippen MR) is 69.9 cm³/mol. The summed E-state index contributed by atoms with van der Waals surface area (Å²) < 4.78 is 37.4. The minimum Gasteiger partial charge on any atom is -0.311 e. The van der Waals surface area contributed by atoms with E-state index in [4.69, 9.17) is 0 Å². The largest absolute Gasteiger partial charge is 0.416 e. The third-order valence-electron chi connectivity index (χ3n) is 3.77. The van der Waals surface area contributed by atoms with Gasteiger partial charge in [0.25, 0.3) is 0 Å². The monoisotopic (exact) mass is 271 g/mol. The van der Waals surface area contributed by atoms with Gasteiger partial charge in [-0.3, -0.25) is 0 Å². The molecule has 1 aromatic rings. The fraction of sp³-hybridized carbons (Fsp3) is 0.600. The van der Waals surface area contributed by atoms with E-state index < -0.39 is 11.7 Å². The summed E-state index contributed by atoms with van der Waals surface area (Å²) in [6.07, 6.45) is -0.946. The summed E-state index contributed by atoms with van der Waals surface area (Å²) in [4.78, 5) is 0. The molecule has 1 aliphatic carbocycles. The lowest BCUT2D eigenvalue weighted by Gasteiger charge is -2.21. The van der Waals surface area contributed by atoms with Crippen molar-refractivity contribution in [1.29, 1.82) is 0 Å². The number of rotatable bonds is 5. The van der Waals surface area contributed by atoms with Crippen LogP contribution in [0.5, 0.6) is 0 Å². The van der Waals surface area contributed by atoms with E-state index in [1.54, 1.807) is 12.1 Å². The summed E-state index contributed by atoms with van der Waals surface area (Å²) in [5.74, 6) is 0.414. The molecule has 1 N–H and O–H groups in total. The molecule has 0 heterocycles. The molecule has 0 aliphatic heterocycles. The van der Waals surface area contributed by atoms with Crippen molar-refractivity contribution in [2.75, 3.05) is 0 Å². The van der Waals surface area contributed by atoms with Crippen molar-refractivity contribution in [2.45, 2.75) is 51.4 Å². The molecule has 106 valence electrons. The van der Waals surface area contributed by atoms with Gasteiger partial charge in [-0.25, -0.2) is 0 Å². The molecule has 0 bridgehead atoms. The first-order chi connectivity index (χ1) is 8.86. The Morgan fingerprint density at radius 3 is 2.21 bits per heavy atom. The number of hydrogen-bond donors (Lipinski definition) is 1. The third-order valence-corrected chi connectivity index (χ3v) is 3.77. The molecular weight excluding hydrogens is 251 g/mol. The van der Waals surface area contributed by atoms with Gasteiger partial charge >= 0.3 is 6.18 Å². The normalized spacial score (nSPS) is 19.2. The van der Waals surface area contributed by atoms with E-state index >= 15 is 0 Å². The van der Waals surface area contributed by atoms with E-state index in [-0.39, 0.29) is 0 Å². The van der Waals surface area contributed by atoms with Crippen molar-refractivity contribution >= 4 is 0 Å². The van der Waals surface area contributed by atoms with Crippen LogP contribution < -0.4 is 5.32 Å². The Hall–Kier alpha value is -1.03. The molecule has 2 rings (SSSR count). The predicted octanol–water partition coefficient (Wildman–Crippen LogP) is 4.02. The molecule has 2 unspecified atom stereocenters. The summed E-state index contributed by atoms with van der Waals surface area (Å²) in [7, 11) is 0. The van der Waals surface area contributed by atoms with Crippen molar-refractivity contribution < 1.29 is 13.2 Å². The Kier molecular flexibility index (Phi) is 4.19. The molecule has 0 amide bonds. The highest BCUT2D eigenvalue weighted by molar-refractivity contribution is 5.25. The summed E-state index contributed by atoms with van der Waals surface area (Å²) in [6.45, 7) is 4.28. The maximum atomic E-state index is 12.5. The molecule has 2 atom stereocenters. The number of halogens is 3. The van der Waals surface area contributed by atoms with E-state index in [1.807, 2.05) is 0 Å². The topological polar surface area (TPSA) is 12.0 Å². The van der Waals surface area contributed by atoms with Gasteiger partial charge in [-0.1, -0.05) is 19.1 Å². The fourth-order valence-corrected chi connectivity index (χ4v) is 2.16. The van der Waals surface area contributed by atoms with Crippen LogP contribution in [0.3, 0.4) is 0 Å². The minimum atomic E-state index is -4.25. The standard InChI is InChI=1S/C15H20F3N/c1-10(11(2)19-14-7-8-14)9-12-3-5-13(6-4-12)15(16,17)18/h3-6,10-11,14,19H,7-9H2,1-2H3. The molecule has 0 spiro atoms. The first-order valence-electron chi connectivity index (χ1n) is 6.78. The van der Waals surface area contributed by atoms with Gasteiger partial charge in [0.15, 0.2) is 0 Å². The summed E-state index contributed by atoms with van der Waals surface area (Å²) in [6, 6.07) is 6.56. The van der Waals surface area contributed by atoms with Crippen LogP contribution in [-0.4, -0.2) is 12.1 Å². The maximum Gasteiger partial charge on any atom is 0.416 e. The molecular formula is C15H20F3N. The van der Waals surface area contributed by atoms with Gasteiger partial charge < -0.3 is 5.32 Å². The molecule has 1 aliphatic rings. The number of alkyl halides is 3. The highest BCUT2D eigenvalue weighted by Gasteiger charge is 2.30. The minimum absolute atomic E-state index is 0.398. The molecule has 0 aromatic heterocycles. The van der Waals surface area contributed by atoms with E-state index in [2.05, 4.69) is 19.2 Å². The number of hydrogen-bond acceptors (Lipinski definition) is 1. The van der Waals surface area contributed by atoms with Crippen LogP contribution in [0, 0.1) is 5.92 Å². The average molecular weight is 271 g/mol. The lowest BCUT2D eigenvalue weighted by Crippen LogP contribution is -2.34. The molecule has 19 heavy (non-hydrogen) atoms. The van der Waals surface area contributed by atoms with E-state index in [0.717, 1.165) is 12.0 Å². The zero-order valence-electron chi connectivity index (χ0n) is 11.3. The van der Waals surface area contributed by atoms with Crippen molar-refractivity contribution in [3.05, 3.63) is 35.4 Å². The Morgan fingerprint density at radius 1 is 1.16 bits per heavy atom. The van der Waals surface area contributed by atoms with Gasteiger partial charge in [0.1, 0.15) is 0 Å². The molecule has 1 nitrogen and oxygen atoms in total. The van der Waals surface area contributed by atoms with Crippen LogP contribution in [0.15, 0.2) is 24.3 Å². The maximum absolute atomic E-state index is 12.5. The highest BCUT2D eigenvalue weighted by atomic mass is 19.4. The summed E-state index contributed by atoms with van der Waals surface area (Å²) >= 11 is 0. The van der Waals surface area contributed by atoms with Gasteiger partial charge in [-0.15, -0.1) is 0 Å². The fourth-order valence-electron chi connectivity index (χ4n) is 2.16. The zero-order valence-corrected chi connectivity index (χ0v) is 11.3. The van der Waals surface area contributed by atoms with E-state index in [9.17, 15) is 13.2 Å². The molecule has 1 aromatic carbocycles.